The molecule has 0 radical (unpaired) electrons. The third-order valence-corrected chi connectivity index (χ3v) is 7.75. The first kappa shape index (κ1) is 21.2. The van der Waals surface area contributed by atoms with Crippen molar-refractivity contribution in [1.82, 2.24) is 4.98 Å². The molecule has 0 saturated heterocycles. The van der Waals surface area contributed by atoms with Crippen molar-refractivity contribution in [2.75, 3.05) is 4.90 Å². The molecule has 2 aliphatic rings. The fourth-order valence-corrected chi connectivity index (χ4v) is 5.94. The third-order valence-electron chi connectivity index (χ3n) is 7.75. The summed E-state index contributed by atoms with van der Waals surface area (Å²) in [6.07, 6.45) is 8.88. The predicted molar refractivity (Wildman–Crippen MR) is 157 cm³/mol. The zero-order chi connectivity index (χ0) is 25.1. The minimum absolute atomic E-state index is 0.568. The van der Waals surface area contributed by atoms with Gasteiger partial charge in [0.05, 0.1) is 11.4 Å². The number of allylic oxidation sites excluding steroid dienone is 3. The molecular weight excluding hydrogens is 464 g/mol. The van der Waals surface area contributed by atoms with E-state index in [0.29, 0.717) is 6.01 Å². The Hall–Kier alpha value is -4.89. The molecule has 6 aromatic rings. The van der Waals surface area contributed by atoms with E-state index in [-0.39, 0.29) is 0 Å². The second-order valence-electron chi connectivity index (χ2n) is 9.95. The van der Waals surface area contributed by atoms with Crippen molar-refractivity contribution >= 4 is 50.9 Å². The molecule has 0 amide bonds. The van der Waals surface area contributed by atoms with Gasteiger partial charge in [0, 0.05) is 5.39 Å². The number of fused-ring (bicyclic) bond motifs is 1. The van der Waals surface area contributed by atoms with Gasteiger partial charge in [-0.25, -0.2) is 0 Å². The summed E-state index contributed by atoms with van der Waals surface area (Å²) in [5.74, 6) is 0. The van der Waals surface area contributed by atoms with E-state index in [1.807, 2.05) is 30.3 Å². The summed E-state index contributed by atoms with van der Waals surface area (Å²) < 4.78 is 6.37. The summed E-state index contributed by atoms with van der Waals surface area (Å²) in [4.78, 5) is 7.09. The van der Waals surface area contributed by atoms with Gasteiger partial charge >= 0.3 is 6.01 Å². The third kappa shape index (κ3) is 3.25. The highest BCUT2D eigenvalue weighted by molar-refractivity contribution is 6.09. The molecule has 180 valence electrons. The largest absolute Gasteiger partial charge is 0.423 e. The number of oxazole rings is 1. The smallest absolute Gasteiger partial charge is 0.307 e. The van der Waals surface area contributed by atoms with Gasteiger partial charge in [-0.3, -0.25) is 4.90 Å². The van der Waals surface area contributed by atoms with Gasteiger partial charge in [0.1, 0.15) is 5.52 Å². The highest BCUT2D eigenvalue weighted by Crippen LogP contribution is 2.46. The Balaban J connectivity index is 1.36. The van der Waals surface area contributed by atoms with Gasteiger partial charge in [-0.1, -0.05) is 91.0 Å². The second kappa shape index (κ2) is 8.32. The molecule has 0 fully saturated rings. The van der Waals surface area contributed by atoms with E-state index < -0.39 is 0 Å². The molecule has 0 bridgehead atoms. The summed E-state index contributed by atoms with van der Waals surface area (Å²) in [6, 6.07) is 36.7. The van der Waals surface area contributed by atoms with Crippen molar-refractivity contribution in [2.24, 2.45) is 0 Å². The van der Waals surface area contributed by atoms with Crippen LogP contribution in [0.3, 0.4) is 0 Å². The maximum Gasteiger partial charge on any atom is 0.307 e. The van der Waals surface area contributed by atoms with Gasteiger partial charge in [-0.05, 0) is 82.0 Å². The zero-order valence-electron chi connectivity index (χ0n) is 20.8. The van der Waals surface area contributed by atoms with Crippen molar-refractivity contribution in [3.63, 3.8) is 0 Å². The predicted octanol–water partition coefficient (Wildman–Crippen LogP) is 9.47. The van der Waals surface area contributed by atoms with Crippen LogP contribution in [0.15, 0.2) is 120 Å². The van der Waals surface area contributed by atoms with Crippen LogP contribution in [-0.2, 0) is 6.42 Å². The number of hydrogen-bond acceptors (Lipinski definition) is 3. The molecule has 0 saturated carbocycles. The lowest BCUT2D eigenvalue weighted by Gasteiger charge is -2.28. The van der Waals surface area contributed by atoms with Crippen molar-refractivity contribution in [1.29, 1.82) is 0 Å². The average Bonchev–Trinajstić information content (AvgIpc) is 3.41. The topological polar surface area (TPSA) is 29.3 Å². The Morgan fingerprint density at radius 1 is 0.711 bits per heavy atom. The molecule has 0 N–H and O–H groups in total. The fraction of sp³-hybridized carbons (Fsp3) is 0.0571. The summed E-state index contributed by atoms with van der Waals surface area (Å²) in [7, 11) is 0. The van der Waals surface area contributed by atoms with Gasteiger partial charge in [0.2, 0.25) is 0 Å². The molecule has 8 rings (SSSR count). The standard InChI is InChI=1S/C35H24N2O/c1-2-7-23(8-3-1)24-15-19-28(20-16-24)37(35-36-30-11-4-5-12-32(30)38-35)31-22-18-27-14-13-25-9-6-10-26-17-21-29(31)34(27)33(25)26/h1-8,10-13,15-22H,9,14H2. The Bertz CT molecular complexity index is 1880. The van der Waals surface area contributed by atoms with Crippen molar-refractivity contribution < 1.29 is 4.42 Å². The molecule has 0 spiro atoms. The van der Waals surface area contributed by atoms with E-state index in [9.17, 15) is 0 Å². The molecule has 1 aromatic heterocycles. The summed E-state index contributed by atoms with van der Waals surface area (Å²) in [6.45, 7) is 0. The Labute approximate surface area is 221 Å². The van der Waals surface area contributed by atoms with Crippen molar-refractivity contribution in [3.8, 4) is 11.1 Å². The summed E-state index contributed by atoms with van der Waals surface area (Å²) >= 11 is 0. The molecule has 0 aliphatic heterocycles. The normalized spacial score (nSPS) is 13.6. The van der Waals surface area contributed by atoms with Gasteiger partial charge < -0.3 is 4.42 Å². The van der Waals surface area contributed by atoms with Gasteiger partial charge in [-0.15, -0.1) is 0 Å². The number of nitrogens with zero attached hydrogens (tertiary/aromatic N) is 2. The lowest BCUT2D eigenvalue weighted by molar-refractivity contribution is 0.608. The van der Waals surface area contributed by atoms with Crippen LogP contribution in [0.25, 0.3) is 44.6 Å². The highest BCUT2D eigenvalue weighted by Gasteiger charge is 2.25. The van der Waals surface area contributed by atoms with Crippen LogP contribution in [0.4, 0.5) is 17.4 Å². The highest BCUT2D eigenvalue weighted by atomic mass is 16.4. The van der Waals surface area contributed by atoms with Gasteiger partial charge in [-0.2, -0.15) is 4.98 Å². The van der Waals surface area contributed by atoms with Gasteiger partial charge in [0.15, 0.2) is 5.58 Å². The maximum absolute atomic E-state index is 6.37. The van der Waals surface area contributed by atoms with E-state index in [0.717, 1.165) is 35.3 Å². The van der Waals surface area contributed by atoms with E-state index in [2.05, 4.69) is 95.9 Å². The van der Waals surface area contributed by atoms with Crippen LogP contribution in [0.1, 0.15) is 23.1 Å². The van der Waals surface area contributed by atoms with Crippen molar-refractivity contribution in [3.05, 3.63) is 132 Å². The minimum atomic E-state index is 0.568. The van der Waals surface area contributed by atoms with Crippen LogP contribution in [0.2, 0.25) is 0 Å². The van der Waals surface area contributed by atoms with E-state index in [4.69, 9.17) is 9.40 Å². The van der Waals surface area contributed by atoms with E-state index in [1.54, 1.807) is 0 Å². The lowest BCUT2D eigenvalue weighted by atomic mass is 9.81. The number of anilines is 3. The first-order valence-electron chi connectivity index (χ1n) is 13.1. The number of aromatic nitrogens is 1. The van der Waals surface area contributed by atoms with Gasteiger partial charge in [0.25, 0.3) is 0 Å². The zero-order valence-corrected chi connectivity index (χ0v) is 20.8. The number of hydrogen-bond donors (Lipinski definition) is 0. The molecule has 0 atom stereocenters. The Morgan fingerprint density at radius 3 is 2.39 bits per heavy atom. The molecule has 0 unspecified atom stereocenters. The lowest BCUT2D eigenvalue weighted by Crippen LogP contribution is -2.12. The fourth-order valence-electron chi connectivity index (χ4n) is 5.94. The minimum Gasteiger partial charge on any atom is -0.423 e. The Morgan fingerprint density at radius 2 is 1.53 bits per heavy atom. The van der Waals surface area contributed by atoms with Crippen LogP contribution in [0, 0.1) is 0 Å². The molecule has 3 heteroatoms. The monoisotopic (exact) mass is 488 g/mol. The van der Waals surface area contributed by atoms with Crippen molar-refractivity contribution in [2.45, 2.75) is 12.8 Å². The first-order valence-corrected chi connectivity index (χ1v) is 13.1. The quantitative estimate of drug-likeness (QED) is 0.247. The van der Waals surface area contributed by atoms with Crippen LogP contribution < -0.4 is 4.90 Å². The van der Waals surface area contributed by atoms with Crippen LogP contribution in [0.5, 0.6) is 0 Å². The Kier molecular flexibility index (Phi) is 4.65. The number of benzene rings is 5. The SMILES string of the molecule is C1=Cc2ccc3c(N(c4ccc(-c5ccccc5)cc4)c4nc5ccccc5o4)ccc4c3c2C(=CC4)C1. The van der Waals surface area contributed by atoms with E-state index in [1.165, 1.54) is 44.2 Å². The molecule has 1 heterocycles. The van der Waals surface area contributed by atoms with Crippen LogP contribution >= 0.6 is 0 Å². The second-order valence-corrected chi connectivity index (χ2v) is 9.95. The molecule has 5 aromatic carbocycles. The molecule has 2 aliphatic carbocycles. The molecule has 38 heavy (non-hydrogen) atoms. The average molecular weight is 489 g/mol. The summed E-state index contributed by atoms with van der Waals surface area (Å²) in [5, 5.41) is 2.57. The number of rotatable bonds is 4. The molecule has 3 nitrogen and oxygen atoms in total. The maximum atomic E-state index is 6.37. The van der Waals surface area contributed by atoms with E-state index >= 15 is 0 Å². The summed E-state index contributed by atoms with van der Waals surface area (Å²) in [5.41, 5.74) is 11.6. The van der Waals surface area contributed by atoms with Crippen LogP contribution in [-0.4, -0.2) is 4.98 Å². The molecular formula is C35H24N2O. The first-order chi connectivity index (χ1) is 18.8. The number of para-hydroxylation sites is 2.